The number of benzene rings is 1. The molecule has 0 N–H and O–H groups in total. The largest absolute Gasteiger partial charge is 0.458 e. The van der Waals surface area contributed by atoms with Crippen LogP contribution >= 0.6 is 0 Å². The predicted molar refractivity (Wildman–Crippen MR) is 71.8 cm³/mol. The van der Waals surface area contributed by atoms with Crippen LogP contribution in [0.3, 0.4) is 0 Å². The molecule has 4 nitrogen and oxygen atoms in total. The van der Waals surface area contributed by atoms with Gasteiger partial charge in [-0.3, -0.25) is 4.79 Å². The highest BCUT2D eigenvalue weighted by Crippen LogP contribution is 2.25. The Morgan fingerprint density at radius 1 is 1.26 bits per heavy atom. The Labute approximate surface area is 113 Å². The highest BCUT2D eigenvalue weighted by atomic mass is 16.5. The van der Waals surface area contributed by atoms with Crippen molar-refractivity contribution in [2.45, 2.75) is 33.8 Å². The standard InChI is InChI=1S/C15H18O4/c1-5-13(16)18-9-12-7-10(3)15(11(4)8-12)19-14(17)6-2/h5,7-8H,1,6,9H2,2-4H3. The van der Waals surface area contributed by atoms with E-state index in [1.807, 2.05) is 26.0 Å². The van der Waals surface area contributed by atoms with E-state index in [0.29, 0.717) is 12.2 Å². The Bertz CT molecular complexity index is 480. The number of aryl methyl sites for hydroxylation is 2. The van der Waals surface area contributed by atoms with Crippen molar-refractivity contribution in [3.8, 4) is 5.75 Å². The van der Waals surface area contributed by atoms with Gasteiger partial charge in [0.2, 0.25) is 0 Å². The molecule has 0 saturated carbocycles. The van der Waals surface area contributed by atoms with E-state index >= 15 is 0 Å². The highest BCUT2D eigenvalue weighted by Gasteiger charge is 2.10. The van der Waals surface area contributed by atoms with Crippen molar-refractivity contribution in [1.82, 2.24) is 0 Å². The molecule has 0 aliphatic rings. The zero-order valence-electron chi connectivity index (χ0n) is 11.5. The molecule has 102 valence electrons. The fourth-order valence-corrected chi connectivity index (χ4v) is 1.68. The van der Waals surface area contributed by atoms with Crippen LogP contribution in [-0.4, -0.2) is 11.9 Å². The summed E-state index contributed by atoms with van der Waals surface area (Å²) in [4.78, 5) is 22.3. The first-order valence-electron chi connectivity index (χ1n) is 6.08. The van der Waals surface area contributed by atoms with Gasteiger partial charge in [-0.1, -0.05) is 13.5 Å². The predicted octanol–water partition coefficient (Wildman–Crippen LogP) is 2.85. The molecule has 0 saturated heterocycles. The van der Waals surface area contributed by atoms with E-state index in [9.17, 15) is 9.59 Å². The Morgan fingerprint density at radius 3 is 2.32 bits per heavy atom. The lowest BCUT2D eigenvalue weighted by molar-refractivity contribution is -0.139. The number of carbonyl (C=O) groups excluding carboxylic acids is 2. The van der Waals surface area contributed by atoms with E-state index in [1.165, 1.54) is 0 Å². The monoisotopic (exact) mass is 262 g/mol. The fraction of sp³-hybridized carbons (Fsp3) is 0.333. The number of ether oxygens (including phenoxy) is 2. The Morgan fingerprint density at radius 2 is 1.84 bits per heavy atom. The molecule has 19 heavy (non-hydrogen) atoms. The quantitative estimate of drug-likeness (QED) is 0.465. The van der Waals surface area contributed by atoms with Gasteiger partial charge in [0.05, 0.1) is 0 Å². The summed E-state index contributed by atoms with van der Waals surface area (Å²) in [5.41, 5.74) is 2.53. The average molecular weight is 262 g/mol. The third-order valence-electron chi connectivity index (χ3n) is 2.57. The minimum absolute atomic E-state index is 0.175. The van der Waals surface area contributed by atoms with Crippen LogP contribution in [0, 0.1) is 13.8 Å². The van der Waals surface area contributed by atoms with Crippen LogP contribution in [-0.2, 0) is 20.9 Å². The minimum Gasteiger partial charge on any atom is -0.458 e. The molecule has 0 fully saturated rings. The molecular weight excluding hydrogens is 244 g/mol. The lowest BCUT2D eigenvalue weighted by Gasteiger charge is -2.12. The van der Waals surface area contributed by atoms with Crippen molar-refractivity contribution >= 4 is 11.9 Å². The summed E-state index contributed by atoms with van der Waals surface area (Å²) in [6.45, 7) is 8.96. The molecule has 0 atom stereocenters. The number of hydrogen-bond donors (Lipinski definition) is 0. The van der Waals surface area contributed by atoms with Crippen LogP contribution in [0.5, 0.6) is 5.75 Å². The molecule has 0 aliphatic carbocycles. The van der Waals surface area contributed by atoms with Gasteiger partial charge in [0.1, 0.15) is 12.4 Å². The van der Waals surface area contributed by atoms with Gasteiger partial charge < -0.3 is 9.47 Å². The molecule has 0 bridgehead atoms. The maximum atomic E-state index is 11.3. The first-order chi connectivity index (χ1) is 8.97. The van der Waals surface area contributed by atoms with Gasteiger partial charge in [-0.05, 0) is 42.7 Å². The van der Waals surface area contributed by atoms with Crippen molar-refractivity contribution in [1.29, 1.82) is 0 Å². The zero-order valence-corrected chi connectivity index (χ0v) is 11.5. The van der Waals surface area contributed by atoms with Crippen LogP contribution in [0.4, 0.5) is 0 Å². The summed E-state index contributed by atoms with van der Waals surface area (Å²) < 4.78 is 10.2. The van der Waals surface area contributed by atoms with Crippen LogP contribution in [0.1, 0.15) is 30.0 Å². The van der Waals surface area contributed by atoms with E-state index < -0.39 is 5.97 Å². The second-order valence-corrected chi connectivity index (χ2v) is 4.20. The molecule has 1 aromatic rings. The number of rotatable bonds is 5. The van der Waals surface area contributed by atoms with Crippen LogP contribution in [0.15, 0.2) is 24.8 Å². The van der Waals surface area contributed by atoms with Gasteiger partial charge in [-0.2, -0.15) is 0 Å². The molecule has 0 aromatic heterocycles. The summed E-state index contributed by atoms with van der Waals surface area (Å²) in [5.74, 6) is -0.153. The normalized spacial score (nSPS) is 9.84. The third kappa shape index (κ3) is 4.25. The first kappa shape index (κ1) is 15.0. The van der Waals surface area contributed by atoms with Gasteiger partial charge in [-0.15, -0.1) is 0 Å². The van der Waals surface area contributed by atoms with Crippen LogP contribution in [0.2, 0.25) is 0 Å². The molecule has 4 heteroatoms. The van der Waals surface area contributed by atoms with Crippen molar-refractivity contribution in [2.24, 2.45) is 0 Å². The second kappa shape index (κ2) is 6.73. The zero-order chi connectivity index (χ0) is 14.4. The lowest BCUT2D eigenvalue weighted by atomic mass is 10.1. The Kier molecular flexibility index (Phi) is 5.30. The molecule has 0 amide bonds. The first-order valence-corrected chi connectivity index (χ1v) is 6.08. The van der Waals surface area contributed by atoms with E-state index in [4.69, 9.17) is 9.47 Å². The van der Waals surface area contributed by atoms with Crippen molar-refractivity contribution in [3.63, 3.8) is 0 Å². The molecule has 0 unspecified atom stereocenters. The SMILES string of the molecule is C=CC(=O)OCc1cc(C)c(OC(=O)CC)c(C)c1. The van der Waals surface area contributed by atoms with Gasteiger partial charge in [0.25, 0.3) is 0 Å². The molecule has 0 spiro atoms. The van der Waals surface area contributed by atoms with E-state index in [2.05, 4.69) is 6.58 Å². The van der Waals surface area contributed by atoms with E-state index in [1.54, 1.807) is 6.92 Å². The molecular formula is C15H18O4. The molecule has 1 aromatic carbocycles. The topological polar surface area (TPSA) is 52.6 Å². The second-order valence-electron chi connectivity index (χ2n) is 4.20. The fourth-order valence-electron chi connectivity index (χ4n) is 1.68. The Hall–Kier alpha value is -2.10. The Balaban J connectivity index is 2.87. The molecule has 0 radical (unpaired) electrons. The smallest absolute Gasteiger partial charge is 0.330 e. The lowest BCUT2D eigenvalue weighted by Crippen LogP contribution is -2.08. The van der Waals surface area contributed by atoms with Gasteiger partial charge >= 0.3 is 11.9 Å². The summed E-state index contributed by atoms with van der Waals surface area (Å²) in [7, 11) is 0. The van der Waals surface area contributed by atoms with Crippen LogP contribution < -0.4 is 4.74 Å². The maximum Gasteiger partial charge on any atom is 0.330 e. The minimum atomic E-state index is -0.461. The van der Waals surface area contributed by atoms with E-state index in [0.717, 1.165) is 22.8 Å². The van der Waals surface area contributed by atoms with Gasteiger partial charge in [-0.25, -0.2) is 4.79 Å². The van der Waals surface area contributed by atoms with Crippen molar-refractivity contribution in [2.75, 3.05) is 0 Å². The highest BCUT2D eigenvalue weighted by molar-refractivity contribution is 5.81. The summed E-state index contributed by atoms with van der Waals surface area (Å²) in [5, 5.41) is 0. The summed E-state index contributed by atoms with van der Waals surface area (Å²) >= 11 is 0. The number of hydrogen-bond acceptors (Lipinski definition) is 4. The molecule has 1 rings (SSSR count). The van der Waals surface area contributed by atoms with E-state index in [-0.39, 0.29) is 12.6 Å². The number of carbonyl (C=O) groups is 2. The maximum absolute atomic E-state index is 11.3. The van der Waals surface area contributed by atoms with Crippen LogP contribution in [0.25, 0.3) is 0 Å². The summed E-state index contributed by atoms with van der Waals surface area (Å²) in [6.07, 6.45) is 1.45. The molecule has 0 heterocycles. The van der Waals surface area contributed by atoms with Crippen molar-refractivity contribution in [3.05, 3.63) is 41.5 Å². The third-order valence-corrected chi connectivity index (χ3v) is 2.57. The average Bonchev–Trinajstić information content (AvgIpc) is 2.39. The summed E-state index contributed by atoms with van der Waals surface area (Å²) in [6, 6.07) is 3.67. The van der Waals surface area contributed by atoms with Gasteiger partial charge in [0.15, 0.2) is 0 Å². The molecule has 0 aliphatic heterocycles. The number of esters is 2. The van der Waals surface area contributed by atoms with Crippen molar-refractivity contribution < 1.29 is 19.1 Å². The van der Waals surface area contributed by atoms with Gasteiger partial charge in [0, 0.05) is 12.5 Å².